The molecule has 24 heavy (non-hydrogen) atoms. The molecule has 0 saturated carbocycles. The summed E-state index contributed by atoms with van der Waals surface area (Å²) >= 11 is 0. The van der Waals surface area contributed by atoms with Gasteiger partial charge in [-0.2, -0.15) is 15.0 Å². The molecule has 1 N–H and O–H groups in total. The van der Waals surface area contributed by atoms with E-state index in [9.17, 15) is 13.2 Å². The Morgan fingerprint density at radius 3 is 2.25 bits per heavy atom. The van der Waals surface area contributed by atoms with Crippen LogP contribution in [-0.2, 0) is 9.84 Å². The maximum Gasteiger partial charge on any atom is 0.256 e. The number of hydrogen-bond acceptors (Lipinski definition) is 5. The topological polar surface area (TPSA) is 94.0 Å². The van der Waals surface area contributed by atoms with E-state index < -0.39 is 15.7 Å². The van der Waals surface area contributed by atoms with Crippen molar-refractivity contribution in [3.8, 4) is 5.69 Å². The van der Waals surface area contributed by atoms with Gasteiger partial charge in [0.2, 0.25) is 0 Å². The molecule has 8 heteroatoms. The minimum Gasteiger partial charge on any atom is -0.322 e. The van der Waals surface area contributed by atoms with Gasteiger partial charge in [-0.1, -0.05) is 12.1 Å². The molecule has 0 aliphatic heterocycles. The molecular weight excluding hydrogens is 328 g/mol. The number of benzene rings is 2. The van der Waals surface area contributed by atoms with Crippen LogP contribution >= 0.6 is 0 Å². The van der Waals surface area contributed by atoms with Crippen LogP contribution in [-0.4, -0.2) is 35.6 Å². The van der Waals surface area contributed by atoms with Crippen LogP contribution in [0.4, 0.5) is 5.69 Å². The first kappa shape index (κ1) is 15.9. The predicted molar refractivity (Wildman–Crippen MR) is 88.9 cm³/mol. The van der Waals surface area contributed by atoms with E-state index in [1.54, 1.807) is 48.8 Å². The van der Waals surface area contributed by atoms with E-state index >= 15 is 0 Å². The van der Waals surface area contributed by atoms with Crippen molar-refractivity contribution < 1.29 is 13.2 Å². The van der Waals surface area contributed by atoms with Crippen molar-refractivity contribution in [3.05, 3.63) is 66.5 Å². The zero-order chi connectivity index (χ0) is 17.2. The molecule has 1 aromatic heterocycles. The average Bonchev–Trinajstić information content (AvgIpc) is 3.09. The zero-order valence-corrected chi connectivity index (χ0v) is 13.6. The number of carbonyl (C=O) groups excluding carboxylic acids is 1. The lowest BCUT2D eigenvalue weighted by Crippen LogP contribution is -2.16. The van der Waals surface area contributed by atoms with Crippen molar-refractivity contribution in [2.75, 3.05) is 11.6 Å². The minimum atomic E-state index is -3.49. The number of amides is 1. The largest absolute Gasteiger partial charge is 0.322 e. The summed E-state index contributed by atoms with van der Waals surface area (Å²) in [5, 5.41) is 10.7. The van der Waals surface area contributed by atoms with Crippen LogP contribution in [0.25, 0.3) is 5.69 Å². The average molecular weight is 342 g/mol. The van der Waals surface area contributed by atoms with Gasteiger partial charge in [0.1, 0.15) is 0 Å². The molecule has 3 aromatic rings. The van der Waals surface area contributed by atoms with Gasteiger partial charge in [0, 0.05) is 11.9 Å². The van der Waals surface area contributed by atoms with Gasteiger partial charge in [0.05, 0.1) is 28.5 Å². The Morgan fingerprint density at radius 2 is 1.62 bits per heavy atom. The molecular formula is C16H14N4O3S. The van der Waals surface area contributed by atoms with Gasteiger partial charge in [-0.15, -0.1) is 0 Å². The van der Waals surface area contributed by atoms with Gasteiger partial charge < -0.3 is 5.32 Å². The Balaban J connectivity index is 1.83. The summed E-state index contributed by atoms with van der Waals surface area (Å²) in [7, 11) is -3.49. The van der Waals surface area contributed by atoms with Gasteiger partial charge in [0.25, 0.3) is 5.91 Å². The zero-order valence-electron chi connectivity index (χ0n) is 12.7. The Labute approximate surface area is 138 Å². The lowest BCUT2D eigenvalue weighted by molar-refractivity contribution is 0.102. The molecule has 122 valence electrons. The van der Waals surface area contributed by atoms with Crippen molar-refractivity contribution in [3.63, 3.8) is 0 Å². The predicted octanol–water partition coefficient (Wildman–Crippen LogP) is 1.92. The number of nitrogens with one attached hydrogen (secondary N) is 1. The summed E-state index contributed by atoms with van der Waals surface area (Å²) < 4.78 is 23.6. The second kappa shape index (κ2) is 6.25. The number of rotatable bonds is 4. The molecule has 0 atom stereocenters. The third kappa shape index (κ3) is 3.33. The monoisotopic (exact) mass is 342 g/mol. The second-order valence-electron chi connectivity index (χ2n) is 5.09. The lowest BCUT2D eigenvalue weighted by atomic mass is 10.2. The lowest BCUT2D eigenvalue weighted by Gasteiger charge is -2.09. The highest BCUT2D eigenvalue weighted by molar-refractivity contribution is 7.90. The fourth-order valence-corrected chi connectivity index (χ4v) is 3.09. The molecule has 3 rings (SSSR count). The normalized spacial score (nSPS) is 11.2. The van der Waals surface area contributed by atoms with Crippen molar-refractivity contribution in [1.82, 2.24) is 15.0 Å². The molecule has 0 fully saturated rings. The maximum atomic E-state index is 12.4. The number of hydrogen-bond donors (Lipinski definition) is 1. The van der Waals surface area contributed by atoms with Crippen LogP contribution in [0.15, 0.2) is 65.8 Å². The van der Waals surface area contributed by atoms with Gasteiger partial charge in [-0.25, -0.2) is 8.42 Å². The number of carbonyl (C=O) groups is 1. The van der Waals surface area contributed by atoms with E-state index in [0.29, 0.717) is 5.69 Å². The second-order valence-corrected chi connectivity index (χ2v) is 7.07. The third-order valence-corrected chi connectivity index (χ3v) is 4.46. The van der Waals surface area contributed by atoms with Gasteiger partial charge in [-0.05, 0) is 36.4 Å². The molecule has 0 bridgehead atoms. The van der Waals surface area contributed by atoms with Crippen LogP contribution in [0.2, 0.25) is 0 Å². The SMILES string of the molecule is CS(=O)(=O)c1ccccc1C(=O)Nc1ccc(-n2nccn2)cc1. The summed E-state index contributed by atoms with van der Waals surface area (Å²) in [5.74, 6) is -0.485. The van der Waals surface area contributed by atoms with Gasteiger partial charge in [0.15, 0.2) is 9.84 Å². The fourth-order valence-electron chi connectivity index (χ4n) is 2.20. The molecule has 0 unspecified atom stereocenters. The molecule has 0 radical (unpaired) electrons. The standard InChI is InChI=1S/C16H14N4O3S/c1-24(22,23)15-5-3-2-4-14(15)16(21)19-12-6-8-13(9-7-12)20-17-10-11-18-20/h2-11H,1H3,(H,19,21). The summed E-state index contributed by atoms with van der Waals surface area (Å²) in [6, 6.07) is 13.0. The fraction of sp³-hybridized carbons (Fsp3) is 0.0625. The summed E-state index contributed by atoms with van der Waals surface area (Å²) in [6.07, 6.45) is 4.21. The van der Waals surface area contributed by atoms with E-state index in [1.165, 1.54) is 16.9 Å². The Hall–Kier alpha value is -3.00. The third-order valence-electron chi connectivity index (χ3n) is 3.31. The first-order valence-corrected chi connectivity index (χ1v) is 8.91. The van der Waals surface area contributed by atoms with Crippen molar-refractivity contribution in [2.24, 2.45) is 0 Å². The summed E-state index contributed by atoms with van der Waals surface area (Å²) in [6.45, 7) is 0. The molecule has 0 saturated heterocycles. The van der Waals surface area contributed by atoms with E-state index in [4.69, 9.17) is 0 Å². The number of nitrogens with zero attached hydrogens (tertiary/aromatic N) is 3. The first-order chi connectivity index (χ1) is 11.4. The van der Waals surface area contributed by atoms with E-state index in [0.717, 1.165) is 11.9 Å². The molecule has 1 heterocycles. The van der Waals surface area contributed by atoms with E-state index in [1.807, 2.05) is 0 Å². The maximum absolute atomic E-state index is 12.4. The van der Waals surface area contributed by atoms with Gasteiger partial charge in [-0.3, -0.25) is 4.79 Å². The van der Waals surface area contributed by atoms with E-state index in [2.05, 4.69) is 15.5 Å². The Kier molecular flexibility index (Phi) is 4.13. The number of sulfone groups is 1. The van der Waals surface area contributed by atoms with Crippen molar-refractivity contribution in [1.29, 1.82) is 0 Å². The molecule has 0 aliphatic carbocycles. The molecule has 2 aromatic carbocycles. The van der Waals surface area contributed by atoms with Crippen LogP contribution in [0.5, 0.6) is 0 Å². The minimum absolute atomic E-state index is 0.000128. The summed E-state index contributed by atoms with van der Waals surface area (Å²) in [4.78, 5) is 13.8. The van der Waals surface area contributed by atoms with E-state index in [-0.39, 0.29) is 10.5 Å². The number of aromatic nitrogens is 3. The molecule has 1 amide bonds. The highest BCUT2D eigenvalue weighted by atomic mass is 32.2. The van der Waals surface area contributed by atoms with Crippen LogP contribution in [0, 0.1) is 0 Å². The van der Waals surface area contributed by atoms with Crippen LogP contribution in [0.3, 0.4) is 0 Å². The highest BCUT2D eigenvalue weighted by Gasteiger charge is 2.18. The van der Waals surface area contributed by atoms with Crippen molar-refractivity contribution in [2.45, 2.75) is 4.90 Å². The molecule has 7 nitrogen and oxygen atoms in total. The Morgan fingerprint density at radius 1 is 1.00 bits per heavy atom. The first-order valence-electron chi connectivity index (χ1n) is 7.02. The summed E-state index contributed by atoms with van der Waals surface area (Å²) in [5.41, 5.74) is 1.39. The van der Waals surface area contributed by atoms with Gasteiger partial charge >= 0.3 is 0 Å². The molecule has 0 aliphatic rings. The molecule has 0 spiro atoms. The van der Waals surface area contributed by atoms with Crippen LogP contribution < -0.4 is 5.32 Å². The quantitative estimate of drug-likeness (QED) is 0.782. The van der Waals surface area contributed by atoms with Crippen LogP contribution in [0.1, 0.15) is 10.4 Å². The smallest absolute Gasteiger partial charge is 0.256 e. The van der Waals surface area contributed by atoms with Crippen molar-refractivity contribution >= 4 is 21.4 Å². The Bertz CT molecular complexity index is 965. The number of anilines is 1. The highest BCUT2D eigenvalue weighted by Crippen LogP contribution is 2.18.